The Hall–Kier alpha value is -2.49. The highest BCUT2D eigenvalue weighted by atomic mass is 16.2. The van der Waals surface area contributed by atoms with Crippen molar-refractivity contribution in [2.24, 2.45) is 0 Å². The van der Waals surface area contributed by atoms with E-state index in [0.29, 0.717) is 12.2 Å². The number of nitrogens with one attached hydrogen (secondary N) is 1. The van der Waals surface area contributed by atoms with Crippen LogP contribution in [-0.2, 0) is 4.79 Å². The molecule has 1 aliphatic heterocycles. The number of fused-ring (bicyclic) bond motifs is 1. The molecular formula is C15H15N3O. The Bertz CT molecular complexity index is 652. The predicted octanol–water partition coefficient (Wildman–Crippen LogP) is 2.67. The number of nitrogens with zero attached hydrogens (tertiary/aromatic N) is 1. The molecule has 0 aromatic heterocycles. The van der Waals surface area contributed by atoms with E-state index in [1.165, 1.54) is 0 Å². The van der Waals surface area contributed by atoms with Crippen LogP contribution in [0.25, 0.3) is 0 Å². The second-order valence-electron chi connectivity index (χ2n) is 4.70. The lowest BCUT2D eigenvalue weighted by atomic mass is 10.1. The molecule has 1 aliphatic rings. The van der Waals surface area contributed by atoms with E-state index in [0.717, 1.165) is 22.6 Å². The number of anilines is 4. The summed E-state index contributed by atoms with van der Waals surface area (Å²) < 4.78 is 0. The third kappa shape index (κ3) is 2.01. The monoisotopic (exact) mass is 253 g/mol. The molecule has 2 aromatic carbocycles. The molecule has 0 aliphatic carbocycles. The summed E-state index contributed by atoms with van der Waals surface area (Å²) in [5, 5.41) is 2.88. The molecule has 0 saturated carbocycles. The normalized spacial score (nSPS) is 13.9. The molecule has 0 spiro atoms. The maximum Gasteiger partial charge on any atom is 0.244 e. The zero-order valence-electron chi connectivity index (χ0n) is 10.7. The van der Waals surface area contributed by atoms with E-state index in [2.05, 4.69) is 5.32 Å². The van der Waals surface area contributed by atoms with Crippen molar-refractivity contribution < 1.29 is 4.79 Å². The fourth-order valence-corrected chi connectivity index (χ4v) is 2.37. The topological polar surface area (TPSA) is 58.4 Å². The first-order chi connectivity index (χ1) is 9.15. The lowest BCUT2D eigenvalue weighted by Crippen LogP contribution is -2.35. The summed E-state index contributed by atoms with van der Waals surface area (Å²) in [6.45, 7) is 2.32. The Morgan fingerprint density at radius 3 is 2.79 bits per heavy atom. The molecule has 19 heavy (non-hydrogen) atoms. The zero-order chi connectivity index (χ0) is 13.4. The van der Waals surface area contributed by atoms with Crippen molar-refractivity contribution in [1.29, 1.82) is 0 Å². The van der Waals surface area contributed by atoms with E-state index >= 15 is 0 Å². The Morgan fingerprint density at radius 2 is 1.95 bits per heavy atom. The van der Waals surface area contributed by atoms with E-state index in [-0.39, 0.29) is 5.91 Å². The van der Waals surface area contributed by atoms with Crippen molar-refractivity contribution in [3.05, 3.63) is 48.0 Å². The SMILES string of the molecule is Cc1ccc(N)cc1N1CC(=O)Nc2ccccc21. The maximum absolute atomic E-state index is 11.8. The van der Waals surface area contributed by atoms with E-state index < -0.39 is 0 Å². The minimum atomic E-state index is -0.0134. The van der Waals surface area contributed by atoms with Crippen molar-refractivity contribution in [3.63, 3.8) is 0 Å². The van der Waals surface area contributed by atoms with Crippen LogP contribution in [0.2, 0.25) is 0 Å². The second-order valence-corrected chi connectivity index (χ2v) is 4.70. The van der Waals surface area contributed by atoms with E-state index in [4.69, 9.17) is 5.73 Å². The van der Waals surface area contributed by atoms with Crippen molar-refractivity contribution in [2.45, 2.75) is 6.92 Å². The molecular weight excluding hydrogens is 238 g/mol. The van der Waals surface area contributed by atoms with E-state index in [1.807, 2.05) is 54.3 Å². The first-order valence-corrected chi connectivity index (χ1v) is 6.18. The van der Waals surface area contributed by atoms with Crippen LogP contribution in [0.5, 0.6) is 0 Å². The number of benzene rings is 2. The van der Waals surface area contributed by atoms with Gasteiger partial charge in [0.05, 0.1) is 11.4 Å². The first-order valence-electron chi connectivity index (χ1n) is 6.18. The van der Waals surface area contributed by atoms with E-state index in [1.54, 1.807) is 0 Å². The number of nitrogens with two attached hydrogens (primary N) is 1. The fraction of sp³-hybridized carbons (Fsp3) is 0.133. The van der Waals surface area contributed by atoms with E-state index in [9.17, 15) is 4.79 Å². The molecule has 1 amide bonds. The van der Waals surface area contributed by atoms with Gasteiger partial charge in [-0.15, -0.1) is 0 Å². The maximum atomic E-state index is 11.8. The molecule has 0 radical (unpaired) electrons. The summed E-state index contributed by atoms with van der Waals surface area (Å²) in [4.78, 5) is 13.8. The molecule has 3 rings (SSSR count). The van der Waals surface area contributed by atoms with Gasteiger partial charge in [0.15, 0.2) is 0 Å². The van der Waals surface area contributed by atoms with Gasteiger partial charge >= 0.3 is 0 Å². The van der Waals surface area contributed by atoms with Crippen LogP contribution < -0.4 is 16.0 Å². The molecule has 0 unspecified atom stereocenters. The third-order valence-corrected chi connectivity index (χ3v) is 3.29. The van der Waals surface area contributed by atoms with Crippen LogP contribution in [0.15, 0.2) is 42.5 Å². The average molecular weight is 253 g/mol. The molecule has 1 heterocycles. The lowest BCUT2D eigenvalue weighted by molar-refractivity contribution is -0.115. The van der Waals surface area contributed by atoms with Gasteiger partial charge in [0.25, 0.3) is 0 Å². The number of aryl methyl sites for hydroxylation is 1. The first kappa shape index (κ1) is 11.6. The van der Waals surface area contributed by atoms with Crippen LogP contribution >= 0.6 is 0 Å². The van der Waals surface area contributed by atoms with Gasteiger partial charge in [-0.05, 0) is 36.8 Å². The number of carbonyl (C=O) groups is 1. The minimum absolute atomic E-state index is 0.0134. The standard InChI is InChI=1S/C15H15N3O/c1-10-6-7-11(16)8-14(10)18-9-15(19)17-12-4-2-3-5-13(12)18/h2-8H,9,16H2,1H3,(H,17,19). The van der Waals surface area contributed by atoms with Gasteiger partial charge in [-0.25, -0.2) is 0 Å². The number of carbonyl (C=O) groups excluding carboxylic acids is 1. The molecule has 0 atom stereocenters. The predicted molar refractivity (Wildman–Crippen MR) is 77.7 cm³/mol. The molecule has 4 nitrogen and oxygen atoms in total. The van der Waals surface area contributed by atoms with Crippen LogP contribution in [0, 0.1) is 6.92 Å². The Balaban J connectivity index is 2.15. The van der Waals surface area contributed by atoms with Crippen LogP contribution in [-0.4, -0.2) is 12.5 Å². The summed E-state index contributed by atoms with van der Waals surface area (Å²) in [5.41, 5.74) is 10.5. The summed E-state index contributed by atoms with van der Waals surface area (Å²) in [6.07, 6.45) is 0. The smallest absolute Gasteiger partial charge is 0.244 e. The van der Waals surface area contributed by atoms with Gasteiger partial charge in [-0.2, -0.15) is 0 Å². The lowest BCUT2D eigenvalue weighted by Gasteiger charge is -2.32. The second kappa shape index (κ2) is 4.31. The van der Waals surface area contributed by atoms with Gasteiger partial charge in [0, 0.05) is 11.4 Å². The molecule has 0 bridgehead atoms. The molecule has 0 saturated heterocycles. The molecule has 4 heteroatoms. The van der Waals surface area contributed by atoms with Gasteiger partial charge in [-0.3, -0.25) is 4.79 Å². The quantitative estimate of drug-likeness (QED) is 0.768. The average Bonchev–Trinajstić information content (AvgIpc) is 2.40. The Morgan fingerprint density at radius 1 is 1.16 bits per heavy atom. The van der Waals surface area contributed by atoms with Gasteiger partial charge in [0.1, 0.15) is 6.54 Å². The highest BCUT2D eigenvalue weighted by Gasteiger charge is 2.23. The number of hydrogen-bond donors (Lipinski definition) is 2. The third-order valence-electron chi connectivity index (χ3n) is 3.29. The van der Waals surface area contributed by atoms with Crippen molar-refractivity contribution >= 4 is 28.7 Å². The largest absolute Gasteiger partial charge is 0.399 e. The summed E-state index contributed by atoms with van der Waals surface area (Å²) in [7, 11) is 0. The van der Waals surface area contributed by atoms with Crippen molar-refractivity contribution in [3.8, 4) is 0 Å². The van der Waals surface area contributed by atoms with Gasteiger partial charge < -0.3 is 16.0 Å². The van der Waals surface area contributed by atoms with Gasteiger partial charge in [0.2, 0.25) is 5.91 Å². The number of hydrogen-bond acceptors (Lipinski definition) is 3. The highest BCUT2D eigenvalue weighted by Crippen LogP contribution is 2.36. The number of para-hydroxylation sites is 2. The minimum Gasteiger partial charge on any atom is -0.399 e. The van der Waals surface area contributed by atoms with Crippen LogP contribution in [0.1, 0.15) is 5.56 Å². The van der Waals surface area contributed by atoms with Crippen LogP contribution in [0.4, 0.5) is 22.7 Å². The Kier molecular flexibility index (Phi) is 2.63. The van der Waals surface area contributed by atoms with Crippen LogP contribution in [0.3, 0.4) is 0 Å². The number of rotatable bonds is 1. The molecule has 0 fully saturated rings. The Labute approximate surface area is 111 Å². The molecule has 2 aromatic rings. The summed E-state index contributed by atoms with van der Waals surface area (Å²) in [5.74, 6) is -0.0134. The van der Waals surface area contributed by atoms with Crippen molar-refractivity contribution in [1.82, 2.24) is 0 Å². The fourth-order valence-electron chi connectivity index (χ4n) is 2.37. The summed E-state index contributed by atoms with van der Waals surface area (Å²) in [6, 6.07) is 13.5. The number of amides is 1. The van der Waals surface area contributed by atoms with Crippen molar-refractivity contribution in [2.75, 3.05) is 22.5 Å². The molecule has 3 N–H and O–H groups in total. The van der Waals surface area contributed by atoms with Gasteiger partial charge in [-0.1, -0.05) is 18.2 Å². The molecule has 96 valence electrons. The zero-order valence-corrected chi connectivity index (χ0v) is 10.7. The highest BCUT2D eigenvalue weighted by molar-refractivity contribution is 6.03. The summed E-state index contributed by atoms with van der Waals surface area (Å²) >= 11 is 0. The number of nitrogen functional groups attached to an aromatic ring is 1.